The van der Waals surface area contributed by atoms with Gasteiger partial charge in [0.2, 0.25) is 0 Å². The largest absolute Gasteiger partial charge is 0.477 e. The molecular weight excluding hydrogens is 344 g/mol. The van der Waals surface area contributed by atoms with Crippen LogP contribution in [0.3, 0.4) is 0 Å². The van der Waals surface area contributed by atoms with Crippen molar-refractivity contribution in [3.8, 4) is 11.6 Å². The minimum atomic E-state index is -1.29. The molecule has 2 aromatic rings. The number of rotatable bonds is 4. The Balaban J connectivity index is 2.45. The van der Waals surface area contributed by atoms with E-state index in [1.165, 1.54) is 0 Å². The highest BCUT2D eigenvalue weighted by Gasteiger charge is 2.20. The molecule has 0 aliphatic rings. The van der Waals surface area contributed by atoms with E-state index in [9.17, 15) is 14.9 Å². The Hall–Kier alpha value is -2.48. The van der Waals surface area contributed by atoms with Crippen molar-refractivity contribution >= 4 is 27.6 Å². The summed E-state index contributed by atoms with van der Waals surface area (Å²) in [4.78, 5) is 24.8. The summed E-state index contributed by atoms with van der Waals surface area (Å²) in [5.74, 6) is -1.32. The lowest BCUT2D eigenvalue weighted by Crippen LogP contribution is -2.04. The summed E-state index contributed by atoms with van der Waals surface area (Å²) in [5.41, 5.74) is 0.134. The number of pyridine rings is 1. The Morgan fingerprint density at radius 2 is 2.10 bits per heavy atom. The minimum Gasteiger partial charge on any atom is -0.477 e. The normalized spacial score (nSPS) is 10.2. The van der Waals surface area contributed by atoms with E-state index in [-0.39, 0.29) is 11.6 Å². The number of aryl methyl sites for hydroxylation is 1. The molecule has 1 heterocycles. The molecule has 0 radical (unpaired) electrons. The number of nitro groups is 1. The van der Waals surface area contributed by atoms with Crippen LogP contribution >= 0.6 is 15.9 Å². The van der Waals surface area contributed by atoms with Crippen LogP contribution in [0.15, 0.2) is 34.8 Å². The molecule has 0 saturated carbocycles. The van der Waals surface area contributed by atoms with Crippen molar-refractivity contribution in [2.45, 2.75) is 6.92 Å². The molecule has 0 aliphatic carbocycles. The van der Waals surface area contributed by atoms with Gasteiger partial charge in [0.05, 0.1) is 4.92 Å². The fraction of sp³-hybridized carbons (Fsp3) is 0.0769. The molecule has 8 heteroatoms. The molecule has 1 aromatic heterocycles. The SMILES string of the molecule is Cc1cc(Oc2nc(C(=O)O)ccc2[N+](=O)[O-])ccc1Br. The molecule has 1 N–H and O–H groups in total. The van der Waals surface area contributed by atoms with Crippen molar-refractivity contribution < 1.29 is 19.6 Å². The number of nitrogens with zero attached hydrogens (tertiary/aromatic N) is 2. The second kappa shape index (κ2) is 5.88. The van der Waals surface area contributed by atoms with Crippen molar-refractivity contribution in [2.24, 2.45) is 0 Å². The van der Waals surface area contributed by atoms with Gasteiger partial charge in [0, 0.05) is 10.5 Å². The molecule has 0 spiro atoms. The molecular formula is C13H9BrN2O5. The lowest BCUT2D eigenvalue weighted by atomic mass is 10.2. The molecule has 1 aromatic carbocycles. The van der Waals surface area contributed by atoms with Crippen LogP contribution in [0.1, 0.15) is 16.1 Å². The summed E-state index contributed by atoms with van der Waals surface area (Å²) in [5, 5.41) is 19.8. The van der Waals surface area contributed by atoms with Crippen LogP contribution in [0.4, 0.5) is 5.69 Å². The van der Waals surface area contributed by atoms with Gasteiger partial charge in [0.15, 0.2) is 5.69 Å². The van der Waals surface area contributed by atoms with Gasteiger partial charge in [-0.3, -0.25) is 10.1 Å². The first-order valence-corrected chi connectivity index (χ1v) is 6.50. The maximum atomic E-state index is 10.9. The van der Waals surface area contributed by atoms with Crippen molar-refractivity contribution in [3.05, 3.63) is 56.2 Å². The Bertz CT molecular complexity index is 732. The summed E-state index contributed by atoms with van der Waals surface area (Å²) in [6.07, 6.45) is 0. The molecule has 0 bridgehead atoms. The smallest absolute Gasteiger partial charge is 0.354 e. The van der Waals surface area contributed by atoms with Crippen molar-refractivity contribution in [1.29, 1.82) is 0 Å². The first kappa shape index (κ1) is 14.9. The molecule has 0 unspecified atom stereocenters. The van der Waals surface area contributed by atoms with Crippen LogP contribution in [0.5, 0.6) is 11.6 Å². The fourth-order valence-corrected chi connectivity index (χ4v) is 1.81. The van der Waals surface area contributed by atoms with Gasteiger partial charge in [-0.1, -0.05) is 15.9 Å². The molecule has 21 heavy (non-hydrogen) atoms. The maximum absolute atomic E-state index is 10.9. The van der Waals surface area contributed by atoms with Gasteiger partial charge >= 0.3 is 11.7 Å². The van der Waals surface area contributed by atoms with Gasteiger partial charge < -0.3 is 9.84 Å². The number of hydrogen-bond donors (Lipinski definition) is 1. The Kier molecular flexibility index (Phi) is 4.18. The highest BCUT2D eigenvalue weighted by molar-refractivity contribution is 9.10. The van der Waals surface area contributed by atoms with Crippen LogP contribution in [0.25, 0.3) is 0 Å². The average Bonchev–Trinajstić information content (AvgIpc) is 2.42. The lowest BCUT2D eigenvalue weighted by Gasteiger charge is -2.07. The monoisotopic (exact) mass is 352 g/mol. The van der Waals surface area contributed by atoms with E-state index in [1.54, 1.807) is 18.2 Å². The first-order chi connectivity index (χ1) is 9.88. The quantitative estimate of drug-likeness (QED) is 0.666. The molecule has 0 atom stereocenters. The first-order valence-electron chi connectivity index (χ1n) is 5.71. The van der Waals surface area contributed by atoms with Crippen LogP contribution < -0.4 is 4.74 Å². The molecule has 0 amide bonds. The number of ether oxygens (including phenoxy) is 1. The summed E-state index contributed by atoms with van der Waals surface area (Å²) < 4.78 is 6.22. The maximum Gasteiger partial charge on any atom is 0.354 e. The van der Waals surface area contributed by atoms with Gasteiger partial charge in [-0.05, 0) is 36.8 Å². The highest BCUT2D eigenvalue weighted by atomic mass is 79.9. The lowest BCUT2D eigenvalue weighted by molar-refractivity contribution is -0.386. The van der Waals surface area contributed by atoms with Crippen LogP contribution in [-0.4, -0.2) is 21.0 Å². The summed E-state index contributed by atoms with van der Waals surface area (Å²) in [6, 6.07) is 7.08. The average molecular weight is 353 g/mol. The van der Waals surface area contributed by atoms with E-state index >= 15 is 0 Å². The number of halogens is 1. The van der Waals surface area contributed by atoms with Crippen molar-refractivity contribution in [2.75, 3.05) is 0 Å². The number of carbonyl (C=O) groups is 1. The number of aromatic carboxylic acids is 1. The molecule has 0 fully saturated rings. The Morgan fingerprint density at radius 1 is 1.38 bits per heavy atom. The fourth-order valence-electron chi connectivity index (χ4n) is 1.56. The predicted octanol–water partition coefficient (Wildman–Crippen LogP) is 3.55. The topological polar surface area (TPSA) is 103 Å². The number of carboxylic acids is 1. The predicted molar refractivity (Wildman–Crippen MR) is 76.8 cm³/mol. The molecule has 0 aliphatic heterocycles. The van der Waals surface area contributed by atoms with Gasteiger partial charge in [-0.15, -0.1) is 0 Å². The van der Waals surface area contributed by atoms with Crippen LogP contribution in [0.2, 0.25) is 0 Å². The standard InChI is InChI=1S/C13H9BrN2O5/c1-7-6-8(2-3-9(7)14)21-12-11(16(19)20)5-4-10(15-12)13(17)18/h2-6H,1H3,(H,17,18). The number of carboxylic acid groups (broad SMARTS) is 1. The molecule has 7 nitrogen and oxygen atoms in total. The molecule has 0 saturated heterocycles. The van der Waals surface area contributed by atoms with Gasteiger partial charge in [0.25, 0.3) is 5.88 Å². The third kappa shape index (κ3) is 3.34. The van der Waals surface area contributed by atoms with E-state index in [0.29, 0.717) is 5.75 Å². The molecule has 108 valence electrons. The second-order valence-electron chi connectivity index (χ2n) is 4.10. The van der Waals surface area contributed by atoms with E-state index in [0.717, 1.165) is 22.2 Å². The van der Waals surface area contributed by atoms with Gasteiger partial charge in [-0.2, -0.15) is 4.98 Å². The number of hydrogen-bond acceptors (Lipinski definition) is 5. The second-order valence-corrected chi connectivity index (χ2v) is 4.95. The third-order valence-electron chi connectivity index (χ3n) is 2.60. The van der Waals surface area contributed by atoms with E-state index in [4.69, 9.17) is 9.84 Å². The third-order valence-corrected chi connectivity index (χ3v) is 3.49. The van der Waals surface area contributed by atoms with Gasteiger partial charge in [-0.25, -0.2) is 4.79 Å². The van der Waals surface area contributed by atoms with E-state index in [2.05, 4.69) is 20.9 Å². The zero-order valence-electron chi connectivity index (χ0n) is 10.7. The highest BCUT2D eigenvalue weighted by Crippen LogP contribution is 2.31. The Labute approximate surface area is 127 Å². The van der Waals surface area contributed by atoms with Crippen molar-refractivity contribution in [1.82, 2.24) is 4.98 Å². The molecule has 2 rings (SSSR count). The number of aromatic nitrogens is 1. The summed E-state index contributed by atoms with van der Waals surface area (Å²) in [7, 11) is 0. The summed E-state index contributed by atoms with van der Waals surface area (Å²) >= 11 is 3.33. The Morgan fingerprint density at radius 3 is 2.67 bits per heavy atom. The van der Waals surface area contributed by atoms with Crippen LogP contribution in [-0.2, 0) is 0 Å². The number of benzene rings is 1. The zero-order valence-corrected chi connectivity index (χ0v) is 12.3. The van der Waals surface area contributed by atoms with Crippen molar-refractivity contribution in [3.63, 3.8) is 0 Å². The van der Waals surface area contributed by atoms with E-state index < -0.39 is 16.6 Å². The van der Waals surface area contributed by atoms with Gasteiger partial charge in [0.1, 0.15) is 5.75 Å². The van der Waals surface area contributed by atoms with E-state index in [1.807, 2.05) is 6.92 Å². The zero-order chi connectivity index (χ0) is 15.6. The van der Waals surface area contributed by atoms with Crippen LogP contribution in [0, 0.1) is 17.0 Å². The minimum absolute atomic E-state index is 0.328. The summed E-state index contributed by atoms with van der Waals surface area (Å²) in [6.45, 7) is 1.83.